The van der Waals surface area contributed by atoms with Crippen molar-refractivity contribution in [3.8, 4) is 11.6 Å². The van der Waals surface area contributed by atoms with Gasteiger partial charge in [-0.15, -0.1) is 0 Å². The summed E-state index contributed by atoms with van der Waals surface area (Å²) >= 11 is 12.0. The fraction of sp³-hybridized carbons (Fsp3) is 0.0714. The number of benzene rings is 1. The van der Waals surface area contributed by atoms with Crippen LogP contribution in [-0.4, -0.2) is 15.8 Å². The number of hydrogen-bond donors (Lipinski definition) is 1. The zero-order valence-corrected chi connectivity index (χ0v) is 12.4. The van der Waals surface area contributed by atoms with Crippen molar-refractivity contribution in [3.63, 3.8) is 0 Å². The molecule has 0 aliphatic heterocycles. The monoisotopic (exact) mass is 324 g/mol. The summed E-state index contributed by atoms with van der Waals surface area (Å²) in [5.74, 6) is -0.0114. The number of H-pyrrole nitrogens is 1. The number of nitrogens with one attached hydrogen (secondary N) is 1. The molecule has 0 fully saturated rings. The summed E-state index contributed by atoms with van der Waals surface area (Å²) < 4.78 is 5.53. The first kappa shape index (κ1) is 15.3. The van der Waals surface area contributed by atoms with E-state index in [1.54, 1.807) is 18.2 Å². The summed E-state index contributed by atoms with van der Waals surface area (Å²) in [4.78, 5) is 29.2. The highest BCUT2D eigenvalue weighted by molar-refractivity contribution is 6.37. The van der Waals surface area contributed by atoms with E-state index in [0.717, 1.165) is 0 Å². The van der Waals surface area contributed by atoms with Crippen LogP contribution in [0.4, 0.5) is 0 Å². The van der Waals surface area contributed by atoms with E-state index >= 15 is 0 Å². The number of carbonyl (C=O) groups is 1. The molecule has 7 heteroatoms. The maximum atomic E-state index is 11.8. The van der Waals surface area contributed by atoms with Crippen molar-refractivity contribution < 1.29 is 9.53 Å². The van der Waals surface area contributed by atoms with Gasteiger partial charge in [0.15, 0.2) is 11.5 Å². The molecule has 1 heterocycles. The van der Waals surface area contributed by atoms with Gasteiger partial charge in [-0.2, -0.15) is 0 Å². The van der Waals surface area contributed by atoms with Crippen LogP contribution in [0.1, 0.15) is 12.5 Å². The number of ether oxygens (including phenoxy) is 1. The molecular formula is C14H10Cl2N2O3. The zero-order valence-electron chi connectivity index (χ0n) is 10.9. The van der Waals surface area contributed by atoms with Crippen LogP contribution in [0.25, 0.3) is 6.08 Å². The second-order valence-electron chi connectivity index (χ2n) is 4.05. The van der Waals surface area contributed by atoms with E-state index in [1.165, 1.54) is 25.4 Å². The maximum Gasteiger partial charge on any atom is 0.261 e. The Morgan fingerprint density at radius 3 is 2.62 bits per heavy atom. The molecule has 0 spiro atoms. The van der Waals surface area contributed by atoms with Crippen LogP contribution in [0.2, 0.25) is 10.0 Å². The number of nitrogens with zero attached hydrogens (tertiary/aromatic N) is 1. The molecule has 5 nitrogen and oxygen atoms in total. The molecule has 0 aliphatic carbocycles. The zero-order chi connectivity index (χ0) is 15.4. The number of aromatic amines is 1. The number of ketones is 1. The Kier molecular flexibility index (Phi) is 4.77. The number of hydrogen-bond acceptors (Lipinski definition) is 4. The van der Waals surface area contributed by atoms with Crippen LogP contribution in [0, 0.1) is 0 Å². The van der Waals surface area contributed by atoms with E-state index in [2.05, 4.69) is 9.97 Å². The summed E-state index contributed by atoms with van der Waals surface area (Å²) in [7, 11) is 0. The van der Waals surface area contributed by atoms with Crippen LogP contribution >= 0.6 is 23.2 Å². The van der Waals surface area contributed by atoms with Crippen molar-refractivity contribution in [3.05, 3.63) is 56.6 Å². The lowest BCUT2D eigenvalue weighted by Gasteiger charge is -2.09. The second kappa shape index (κ2) is 6.56. The van der Waals surface area contributed by atoms with Gasteiger partial charge >= 0.3 is 0 Å². The highest BCUT2D eigenvalue weighted by Gasteiger charge is 2.13. The number of halogens is 2. The van der Waals surface area contributed by atoms with Crippen molar-refractivity contribution >= 4 is 35.1 Å². The fourth-order valence-electron chi connectivity index (χ4n) is 1.50. The first-order chi connectivity index (χ1) is 9.99. The van der Waals surface area contributed by atoms with Gasteiger partial charge in [0.2, 0.25) is 5.88 Å². The van der Waals surface area contributed by atoms with Crippen molar-refractivity contribution in [2.45, 2.75) is 6.92 Å². The molecule has 0 amide bonds. The first-order valence-corrected chi connectivity index (χ1v) is 6.63. The number of para-hydroxylation sites is 1. The molecule has 0 unspecified atom stereocenters. The Labute approximate surface area is 130 Å². The van der Waals surface area contributed by atoms with Crippen LogP contribution in [0.5, 0.6) is 11.6 Å². The molecule has 21 heavy (non-hydrogen) atoms. The van der Waals surface area contributed by atoms with Gasteiger partial charge in [0, 0.05) is 0 Å². The maximum absolute atomic E-state index is 11.8. The standard InChI is InChI=1S/C14H10Cl2N2O3/c1-8(19)5-6-9-13(20)17-7-18-14(9)21-12-10(15)3-2-4-11(12)16/h2-7H,1H3,(H,17,18,20)/b6-5+. The lowest BCUT2D eigenvalue weighted by molar-refractivity contribution is -0.112. The molecular weight excluding hydrogens is 315 g/mol. The molecule has 0 aliphatic rings. The molecule has 1 aromatic heterocycles. The minimum Gasteiger partial charge on any atom is -0.435 e. The first-order valence-electron chi connectivity index (χ1n) is 5.87. The Balaban J connectivity index is 2.48. The van der Waals surface area contributed by atoms with Gasteiger partial charge in [0.1, 0.15) is 5.56 Å². The van der Waals surface area contributed by atoms with Gasteiger partial charge in [0.05, 0.1) is 16.4 Å². The number of carbonyl (C=O) groups excluding carboxylic acids is 1. The number of aromatic nitrogens is 2. The Hall–Kier alpha value is -2.11. The minimum absolute atomic E-state index is 0.00579. The Bertz CT molecular complexity index is 749. The molecule has 0 saturated carbocycles. The summed E-state index contributed by atoms with van der Waals surface area (Å²) in [6.45, 7) is 1.37. The lowest BCUT2D eigenvalue weighted by atomic mass is 10.2. The third-order valence-electron chi connectivity index (χ3n) is 2.45. The van der Waals surface area contributed by atoms with Crippen LogP contribution < -0.4 is 10.3 Å². The average Bonchev–Trinajstić information content (AvgIpc) is 2.42. The van der Waals surface area contributed by atoms with Gasteiger partial charge in [-0.1, -0.05) is 29.3 Å². The smallest absolute Gasteiger partial charge is 0.261 e. The van der Waals surface area contributed by atoms with Crippen molar-refractivity contribution in [1.82, 2.24) is 9.97 Å². The van der Waals surface area contributed by atoms with E-state index in [9.17, 15) is 9.59 Å². The van der Waals surface area contributed by atoms with Crippen LogP contribution in [0.3, 0.4) is 0 Å². The van der Waals surface area contributed by atoms with Gasteiger partial charge in [0.25, 0.3) is 5.56 Å². The summed E-state index contributed by atoms with van der Waals surface area (Å²) in [6.07, 6.45) is 3.76. The highest BCUT2D eigenvalue weighted by Crippen LogP contribution is 2.35. The van der Waals surface area contributed by atoms with E-state index in [1.807, 2.05) is 0 Å². The van der Waals surface area contributed by atoms with Crippen molar-refractivity contribution in [1.29, 1.82) is 0 Å². The molecule has 0 radical (unpaired) electrons. The SMILES string of the molecule is CC(=O)/C=C/c1c(Oc2c(Cl)cccc2Cl)nc[nH]c1=O. The van der Waals surface area contributed by atoms with Crippen molar-refractivity contribution in [2.75, 3.05) is 0 Å². The molecule has 108 valence electrons. The molecule has 0 saturated heterocycles. The van der Waals surface area contributed by atoms with E-state index in [-0.39, 0.29) is 33.0 Å². The second-order valence-corrected chi connectivity index (χ2v) is 4.86. The quantitative estimate of drug-likeness (QED) is 0.874. The summed E-state index contributed by atoms with van der Waals surface area (Å²) in [5, 5.41) is 0.567. The molecule has 0 atom stereocenters. The van der Waals surface area contributed by atoms with Crippen LogP contribution in [0.15, 0.2) is 35.4 Å². The third kappa shape index (κ3) is 3.71. The summed E-state index contributed by atoms with van der Waals surface area (Å²) in [6, 6.07) is 4.86. The van der Waals surface area contributed by atoms with Gasteiger partial charge in [-0.25, -0.2) is 4.98 Å². The van der Waals surface area contributed by atoms with Crippen LogP contribution in [-0.2, 0) is 4.79 Å². The highest BCUT2D eigenvalue weighted by atomic mass is 35.5. The van der Waals surface area contributed by atoms with Gasteiger partial charge in [-0.05, 0) is 31.2 Å². The van der Waals surface area contributed by atoms with E-state index in [4.69, 9.17) is 27.9 Å². The number of rotatable bonds is 4. The molecule has 2 aromatic rings. The van der Waals surface area contributed by atoms with E-state index in [0.29, 0.717) is 0 Å². The predicted octanol–water partition coefficient (Wildman–Crippen LogP) is 3.47. The largest absolute Gasteiger partial charge is 0.435 e. The van der Waals surface area contributed by atoms with Gasteiger partial charge < -0.3 is 9.72 Å². The van der Waals surface area contributed by atoms with Gasteiger partial charge in [-0.3, -0.25) is 9.59 Å². The molecule has 0 bridgehead atoms. The number of allylic oxidation sites excluding steroid dienone is 1. The summed E-state index contributed by atoms with van der Waals surface area (Å²) in [5.41, 5.74) is -0.343. The minimum atomic E-state index is -0.444. The predicted molar refractivity (Wildman–Crippen MR) is 81.1 cm³/mol. The molecule has 1 aromatic carbocycles. The molecule has 2 rings (SSSR count). The molecule has 1 N–H and O–H groups in total. The Morgan fingerprint density at radius 1 is 1.33 bits per heavy atom. The normalized spacial score (nSPS) is 10.8. The third-order valence-corrected chi connectivity index (χ3v) is 3.05. The fourth-order valence-corrected chi connectivity index (χ4v) is 1.97. The Morgan fingerprint density at radius 2 is 2.00 bits per heavy atom. The topological polar surface area (TPSA) is 72.0 Å². The van der Waals surface area contributed by atoms with Crippen molar-refractivity contribution in [2.24, 2.45) is 0 Å². The average molecular weight is 325 g/mol. The van der Waals surface area contributed by atoms with E-state index < -0.39 is 5.56 Å². The lowest BCUT2D eigenvalue weighted by Crippen LogP contribution is -2.11.